The second kappa shape index (κ2) is 9.00. The molecule has 0 radical (unpaired) electrons. The molecule has 0 aliphatic carbocycles. The SMILES string of the molecule is CC(=O)NCCNC(=O)C(Sc1ccccc1)c1ccccc1. The summed E-state index contributed by atoms with van der Waals surface area (Å²) in [7, 11) is 0. The van der Waals surface area contributed by atoms with Crippen molar-refractivity contribution < 1.29 is 9.59 Å². The van der Waals surface area contributed by atoms with Crippen molar-refractivity contribution >= 4 is 23.6 Å². The Kier molecular flexibility index (Phi) is 6.69. The van der Waals surface area contributed by atoms with Gasteiger partial charge in [0.2, 0.25) is 11.8 Å². The molecule has 0 saturated carbocycles. The molecule has 2 aromatic rings. The van der Waals surface area contributed by atoms with E-state index in [1.54, 1.807) is 0 Å². The van der Waals surface area contributed by atoms with E-state index < -0.39 is 0 Å². The number of carbonyl (C=O) groups excluding carboxylic acids is 2. The van der Waals surface area contributed by atoms with Crippen LogP contribution in [0.2, 0.25) is 0 Å². The number of hydrogen-bond donors (Lipinski definition) is 2. The Bertz CT molecular complexity index is 632. The third-order valence-corrected chi connectivity index (χ3v) is 4.40. The van der Waals surface area contributed by atoms with Crippen molar-refractivity contribution in [2.24, 2.45) is 0 Å². The van der Waals surface area contributed by atoms with Gasteiger partial charge in [0.1, 0.15) is 5.25 Å². The van der Waals surface area contributed by atoms with Crippen molar-refractivity contribution in [3.05, 3.63) is 66.2 Å². The van der Waals surface area contributed by atoms with Gasteiger partial charge in [-0.15, -0.1) is 11.8 Å². The average molecular weight is 328 g/mol. The highest BCUT2D eigenvalue weighted by Gasteiger charge is 2.21. The van der Waals surface area contributed by atoms with Gasteiger partial charge in [-0.25, -0.2) is 0 Å². The van der Waals surface area contributed by atoms with Crippen LogP contribution in [-0.2, 0) is 9.59 Å². The molecule has 2 amide bonds. The van der Waals surface area contributed by atoms with Crippen LogP contribution in [0.3, 0.4) is 0 Å². The molecule has 5 heteroatoms. The minimum atomic E-state index is -0.323. The molecule has 2 N–H and O–H groups in total. The fraction of sp³-hybridized carbons (Fsp3) is 0.222. The van der Waals surface area contributed by atoms with Crippen LogP contribution in [0.25, 0.3) is 0 Å². The lowest BCUT2D eigenvalue weighted by Crippen LogP contribution is -2.35. The van der Waals surface area contributed by atoms with Crippen LogP contribution in [-0.4, -0.2) is 24.9 Å². The van der Waals surface area contributed by atoms with Crippen molar-refractivity contribution in [2.75, 3.05) is 13.1 Å². The number of rotatable bonds is 7. The molecule has 0 bridgehead atoms. The van der Waals surface area contributed by atoms with Crippen LogP contribution in [0.1, 0.15) is 17.7 Å². The molecule has 23 heavy (non-hydrogen) atoms. The van der Waals surface area contributed by atoms with Gasteiger partial charge in [-0.3, -0.25) is 9.59 Å². The van der Waals surface area contributed by atoms with E-state index in [4.69, 9.17) is 0 Å². The Balaban J connectivity index is 2.04. The number of thioether (sulfide) groups is 1. The maximum absolute atomic E-state index is 12.5. The molecule has 0 aliphatic heterocycles. The number of amides is 2. The first-order valence-corrected chi connectivity index (χ1v) is 8.33. The van der Waals surface area contributed by atoms with Crippen LogP contribution < -0.4 is 10.6 Å². The maximum atomic E-state index is 12.5. The fourth-order valence-electron chi connectivity index (χ4n) is 2.05. The van der Waals surface area contributed by atoms with Gasteiger partial charge in [0.15, 0.2) is 0 Å². The third-order valence-electron chi connectivity index (χ3n) is 3.14. The molecule has 0 spiro atoms. The van der Waals surface area contributed by atoms with E-state index in [1.165, 1.54) is 18.7 Å². The highest BCUT2D eigenvalue weighted by Crippen LogP contribution is 2.35. The molecular weight excluding hydrogens is 308 g/mol. The zero-order valence-corrected chi connectivity index (χ0v) is 13.8. The maximum Gasteiger partial charge on any atom is 0.238 e. The summed E-state index contributed by atoms with van der Waals surface area (Å²) in [6.45, 7) is 2.30. The second-order valence-electron chi connectivity index (χ2n) is 5.00. The summed E-state index contributed by atoms with van der Waals surface area (Å²) in [4.78, 5) is 24.4. The smallest absolute Gasteiger partial charge is 0.238 e. The minimum absolute atomic E-state index is 0.0598. The Labute approximate surface area is 140 Å². The van der Waals surface area contributed by atoms with E-state index in [2.05, 4.69) is 10.6 Å². The molecule has 0 aliphatic rings. The molecule has 0 aromatic heterocycles. The summed E-state index contributed by atoms with van der Waals surface area (Å²) in [5.41, 5.74) is 0.957. The first kappa shape index (κ1) is 17.1. The molecule has 1 atom stereocenters. The molecule has 1 unspecified atom stereocenters. The highest BCUT2D eigenvalue weighted by atomic mass is 32.2. The first-order chi connectivity index (χ1) is 11.2. The number of benzene rings is 2. The number of nitrogens with one attached hydrogen (secondary N) is 2. The number of carbonyl (C=O) groups is 2. The lowest BCUT2D eigenvalue weighted by Gasteiger charge is -2.17. The van der Waals surface area contributed by atoms with Crippen LogP contribution >= 0.6 is 11.8 Å². The molecule has 0 heterocycles. The van der Waals surface area contributed by atoms with Crippen LogP contribution in [0, 0.1) is 0 Å². The molecule has 4 nitrogen and oxygen atoms in total. The fourth-order valence-corrected chi connectivity index (χ4v) is 3.12. The summed E-state index contributed by atoms with van der Waals surface area (Å²) in [5, 5.41) is 5.23. The van der Waals surface area contributed by atoms with Gasteiger partial charge >= 0.3 is 0 Å². The van der Waals surface area contributed by atoms with Gasteiger partial charge in [0, 0.05) is 24.9 Å². The van der Waals surface area contributed by atoms with Gasteiger partial charge in [-0.2, -0.15) is 0 Å². The van der Waals surface area contributed by atoms with Crippen molar-refractivity contribution in [3.63, 3.8) is 0 Å². The standard InChI is InChI=1S/C18H20N2O2S/c1-14(21)19-12-13-20-18(22)17(15-8-4-2-5-9-15)23-16-10-6-3-7-11-16/h2-11,17H,12-13H2,1H3,(H,19,21)(H,20,22). The Morgan fingerprint density at radius 1 is 0.913 bits per heavy atom. The predicted octanol–water partition coefficient (Wildman–Crippen LogP) is 2.77. The highest BCUT2D eigenvalue weighted by molar-refractivity contribution is 8.00. The van der Waals surface area contributed by atoms with Gasteiger partial charge in [-0.1, -0.05) is 48.5 Å². The van der Waals surface area contributed by atoms with Crippen LogP contribution in [0.15, 0.2) is 65.6 Å². The van der Waals surface area contributed by atoms with Crippen molar-refractivity contribution in [1.29, 1.82) is 0 Å². The lowest BCUT2D eigenvalue weighted by molar-refractivity contribution is -0.121. The minimum Gasteiger partial charge on any atom is -0.355 e. The molecular formula is C18H20N2O2S. The zero-order chi connectivity index (χ0) is 16.5. The molecule has 2 rings (SSSR count). The first-order valence-electron chi connectivity index (χ1n) is 7.45. The van der Waals surface area contributed by atoms with Crippen molar-refractivity contribution in [3.8, 4) is 0 Å². The molecule has 120 valence electrons. The van der Waals surface area contributed by atoms with E-state index in [0.29, 0.717) is 13.1 Å². The second-order valence-corrected chi connectivity index (χ2v) is 6.17. The van der Waals surface area contributed by atoms with Gasteiger partial charge in [-0.05, 0) is 17.7 Å². The topological polar surface area (TPSA) is 58.2 Å². The predicted molar refractivity (Wildman–Crippen MR) is 93.2 cm³/mol. The van der Waals surface area contributed by atoms with E-state index in [1.807, 2.05) is 60.7 Å². The Morgan fingerprint density at radius 3 is 2.09 bits per heavy atom. The largest absolute Gasteiger partial charge is 0.355 e. The lowest BCUT2D eigenvalue weighted by atomic mass is 10.1. The van der Waals surface area contributed by atoms with E-state index >= 15 is 0 Å². The summed E-state index contributed by atoms with van der Waals surface area (Å²) in [6.07, 6.45) is 0. The van der Waals surface area contributed by atoms with Gasteiger partial charge in [0.05, 0.1) is 0 Å². The number of hydrogen-bond acceptors (Lipinski definition) is 3. The molecule has 0 saturated heterocycles. The van der Waals surface area contributed by atoms with E-state index in [9.17, 15) is 9.59 Å². The van der Waals surface area contributed by atoms with Gasteiger partial charge in [0.25, 0.3) is 0 Å². The average Bonchev–Trinajstić information content (AvgIpc) is 2.58. The molecule has 0 fully saturated rings. The van der Waals surface area contributed by atoms with E-state index in [0.717, 1.165) is 10.5 Å². The summed E-state index contributed by atoms with van der Waals surface area (Å²) >= 11 is 1.51. The van der Waals surface area contributed by atoms with Crippen molar-refractivity contribution in [1.82, 2.24) is 10.6 Å². The van der Waals surface area contributed by atoms with Gasteiger partial charge < -0.3 is 10.6 Å². The van der Waals surface area contributed by atoms with Crippen molar-refractivity contribution in [2.45, 2.75) is 17.1 Å². The Morgan fingerprint density at radius 2 is 1.48 bits per heavy atom. The van der Waals surface area contributed by atoms with E-state index in [-0.39, 0.29) is 17.1 Å². The molecule has 2 aromatic carbocycles. The normalized spacial score (nSPS) is 11.5. The summed E-state index contributed by atoms with van der Waals surface area (Å²) in [5.74, 6) is -0.159. The Hall–Kier alpha value is -2.27. The monoisotopic (exact) mass is 328 g/mol. The van der Waals surface area contributed by atoms with Crippen LogP contribution in [0.4, 0.5) is 0 Å². The summed E-state index contributed by atoms with van der Waals surface area (Å²) < 4.78 is 0. The van der Waals surface area contributed by atoms with Crippen LogP contribution in [0.5, 0.6) is 0 Å². The third kappa shape index (κ3) is 5.79. The zero-order valence-electron chi connectivity index (χ0n) is 13.0. The quantitative estimate of drug-likeness (QED) is 0.607. The summed E-state index contributed by atoms with van der Waals surface area (Å²) in [6, 6.07) is 19.5.